The van der Waals surface area contributed by atoms with Gasteiger partial charge in [-0.15, -0.1) is 12.4 Å². The van der Waals surface area contributed by atoms with Gasteiger partial charge in [-0.1, -0.05) is 13.8 Å². The molecular weight excluding hydrogens is 288 g/mol. The molecule has 1 aromatic rings. The van der Waals surface area contributed by atoms with Crippen molar-refractivity contribution in [3.8, 4) is 5.75 Å². The number of nitrogens with zero attached hydrogens (tertiary/aromatic N) is 1. The average Bonchev–Trinajstić information content (AvgIpc) is 2.41. The number of amides is 1. The molecule has 1 heterocycles. The Labute approximate surface area is 133 Å². The lowest BCUT2D eigenvalue weighted by Crippen LogP contribution is -2.54. The number of likely N-dealkylation sites (tertiary alicyclic amines) is 1. The number of rotatable bonds is 2. The summed E-state index contributed by atoms with van der Waals surface area (Å²) in [6.07, 6.45) is 0.855. The predicted octanol–water partition coefficient (Wildman–Crippen LogP) is 2.62. The largest absolute Gasteiger partial charge is 0.497 e. The molecule has 2 N–H and O–H groups in total. The Morgan fingerprint density at radius 3 is 2.62 bits per heavy atom. The SMILES string of the molecule is COc1ccc(C(=O)N2CCC(N)C(C)(C)C2)c(C)c1.Cl. The van der Waals surface area contributed by atoms with Gasteiger partial charge < -0.3 is 15.4 Å². The van der Waals surface area contributed by atoms with Gasteiger partial charge in [-0.2, -0.15) is 0 Å². The molecule has 0 bridgehead atoms. The highest BCUT2D eigenvalue weighted by atomic mass is 35.5. The molecule has 1 amide bonds. The van der Waals surface area contributed by atoms with Crippen LogP contribution in [-0.2, 0) is 0 Å². The van der Waals surface area contributed by atoms with Crippen LogP contribution in [-0.4, -0.2) is 37.0 Å². The third-order valence-corrected chi connectivity index (χ3v) is 4.26. The number of nitrogens with two attached hydrogens (primary N) is 1. The Bertz CT molecular complexity index is 517. The summed E-state index contributed by atoms with van der Waals surface area (Å²) in [6.45, 7) is 7.62. The fraction of sp³-hybridized carbons (Fsp3) is 0.562. The Morgan fingerprint density at radius 2 is 2.10 bits per heavy atom. The molecule has 1 aliphatic heterocycles. The first-order chi connectivity index (χ1) is 9.35. The molecule has 0 aliphatic carbocycles. The van der Waals surface area contributed by atoms with E-state index in [1.165, 1.54) is 0 Å². The number of benzene rings is 1. The highest BCUT2D eigenvalue weighted by molar-refractivity contribution is 5.96. The number of halogens is 1. The number of aryl methyl sites for hydroxylation is 1. The third kappa shape index (κ3) is 3.69. The zero-order valence-corrected chi connectivity index (χ0v) is 14.0. The van der Waals surface area contributed by atoms with Crippen LogP contribution in [0.2, 0.25) is 0 Å². The van der Waals surface area contributed by atoms with Crippen molar-refractivity contribution in [2.24, 2.45) is 11.1 Å². The molecule has 0 radical (unpaired) electrons. The molecule has 0 spiro atoms. The maximum Gasteiger partial charge on any atom is 0.254 e. The summed E-state index contributed by atoms with van der Waals surface area (Å²) in [5.74, 6) is 0.866. The fourth-order valence-electron chi connectivity index (χ4n) is 2.72. The van der Waals surface area contributed by atoms with Crippen LogP contribution in [0, 0.1) is 12.3 Å². The van der Waals surface area contributed by atoms with Crippen molar-refractivity contribution >= 4 is 18.3 Å². The van der Waals surface area contributed by atoms with Crippen LogP contribution < -0.4 is 10.5 Å². The number of hydrogen-bond donors (Lipinski definition) is 1. The molecule has 1 aromatic carbocycles. The molecule has 1 fully saturated rings. The maximum atomic E-state index is 12.7. The second-order valence-electron chi connectivity index (χ2n) is 6.29. The van der Waals surface area contributed by atoms with Gasteiger partial charge in [0, 0.05) is 24.7 Å². The average molecular weight is 313 g/mol. The summed E-state index contributed by atoms with van der Waals surface area (Å²) < 4.78 is 5.18. The quantitative estimate of drug-likeness (QED) is 0.913. The van der Waals surface area contributed by atoms with Gasteiger partial charge in [0.2, 0.25) is 0 Å². The molecule has 21 heavy (non-hydrogen) atoms. The lowest BCUT2D eigenvalue weighted by molar-refractivity contribution is 0.0532. The molecule has 2 rings (SSSR count). The summed E-state index contributed by atoms with van der Waals surface area (Å²) in [5, 5.41) is 0. The van der Waals surface area contributed by atoms with Crippen LogP contribution in [0.15, 0.2) is 18.2 Å². The minimum Gasteiger partial charge on any atom is -0.497 e. The minimum atomic E-state index is -0.0334. The number of methoxy groups -OCH3 is 1. The van der Waals surface area contributed by atoms with Gasteiger partial charge in [-0.05, 0) is 42.5 Å². The van der Waals surface area contributed by atoms with E-state index in [2.05, 4.69) is 13.8 Å². The summed E-state index contributed by atoms with van der Waals surface area (Å²) >= 11 is 0. The monoisotopic (exact) mass is 312 g/mol. The summed E-state index contributed by atoms with van der Waals surface area (Å²) in [5.41, 5.74) is 7.79. The highest BCUT2D eigenvalue weighted by Gasteiger charge is 2.35. The standard InChI is InChI=1S/C16H24N2O2.ClH/c1-11-9-12(20-4)5-6-13(11)15(19)18-8-7-14(17)16(2,3)10-18;/h5-6,9,14H,7-8,10,17H2,1-4H3;1H. The van der Waals surface area contributed by atoms with Gasteiger partial charge in [0.15, 0.2) is 0 Å². The van der Waals surface area contributed by atoms with E-state index in [-0.39, 0.29) is 29.8 Å². The molecule has 1 atom stereocenters. The first kappa shape index (κ1) is 17.8. The van der Waals surface area contributed by atoms with Crippen molar-refractivity contribution in [3.63, 3.8) is 0 Å². The Kier molecular flexibility index (Phi) is 5.65. The van der Waals surface area contributed by atoms with Crippen LogP contribution in [0.1, 0.15) is 36.2 Å². The molecule has 4 nitrogen and oxygen atoms in total. The molecule has 118 valence electrons. The Morgan fingerprint density at radius 1 is 1.43 bits per heavy atom. The van der Waals surface area contributed by atoms with Crippen LogP contribution in [0.4, 0.5) is 0 Å². The van der Waals surface area contributed by atoms with E-state index in [4.69, 9.17) is 10.5 Å². The zero-order chi connectivity index (χ0) is 14.9. The predicted molar refractivity (Wildman–Crippen MR) is 87.3 cm³/mol. The first-order valence-electron chi connectivity index (χ1n) is 7.04. The smallest absolute Gasteiger partial charge is 0.254 e. The van der Waals surface area contributed by atoms with Gasteiger partial charge in [0.05, 0.1) is 7.11 Å². The molecular formula is C16H25ClN2O2. The van der Waals surface area contributed by atoms with E-state index < -0.39 is 0 Å². The van der Waals surface area contributed by atoms with Crippen molar-refractivity contribution < 1.29 is 9.53 Å². The van der Waals surface area contributed by atoms with Gasteiger partial charge in [-0.3, -0.25) is 4.79 Å². The Balaban J connectivity index is 0.00000220. The molecule has 0 aromatic heterocycles. The van der Waals surface area contributed by atoms with Gasteiger partial charge in [0.25, 0.3) is 5.91 Å². The van der Waals surface area contributed by atoms with E-state index in [0.29, 0.717) is 6.54 Å². The molecule has 1 unspecified atom stereocenters. The highest BCUT2D eigenvalue weighted by Crippen LogP contribution is 2.29. The van der Waals surface area contributed by atoms with Crippen molar-refractivity contribution in [1.82, 2.24) is 4.90 Å². The first-order valence-corrected chi connectivity index (χ1v) is 7.04. The van der Waals surface area contributed by atoms with Gasteiger partial charge in [-0.25, -0.2) is 0 Å². The van der Waals surface area contributed by atoms with Crippen molar-refractivity contribution in [1.29, 1.82) is 0 Å². The van der Waals surface area contributed by atoms with Gasteiger partial charge >= 0.3 is 0 Å². The Hall–Kier alpha value is -1.26. The molecule has 1 saturated heterocycles. The lowest BCUT2D eigenvalue weighted by atomic mass is 9.79. The maximum absolute atomic E-state index is 12.7. The third-order valence-electron chi connectivity index (χ3n) is 4.26. The topological polar surface area (TPSA) is 55.6 Å². The lowest BCUT2D eigenvalue weighted by Gasteiger charge is -2.42. The van der Waals surface area contributed by atoms with Gasteiger partial charge in [0.1, 0.15) is 5.75 Å². The second kappa shape index (κ2) is 6.67. The summed E-state index contributed by atoms with van der Waals surface area (Å²) in [6, 6.07) is 5.73. The number of carbonyl (C=O) groups excluding carboxylic acids is 1. The second-order valence-corrected chi connectivity index (χ2v) is 6.29. The van der Waals surface area contributed by atoms with E-state index in [0.717, 1.165) is 29.8 Å². The number of hydrogen-bond acceptors (Lipinski definition) is 3. The van der Waals surface area contributed by atoms with Crippen molar-refractivity contribution in [2.75, 3.05) is 20.2 Å². The van der Waals surface area contributed by atoms with E-state index in [9.17, 15) is 4.79 Å². The summed E-state index contributed by atoms with van der Waals surface area (Å²) in [4.78, 5) is 14.6. The zero-order valence-electron chi connectivity index (χ0n) is 13.2. The van der Waals surface area contributed by atoms with Crippen LogP contribution in [0.3, 0.4) is 0 Å². The number of ether oxygens (including phenoxy) is 1. The number of carbonyl (C=O) groups is 1. The molecule has 0 saturated carbocycles. The van der Waals surface area contributed by atoms with Crippen molar-refractivity contribution in [3.05, 3.63) is 29.3 Å². The van der Waals surface area contributed by atoms with E-state index in [1.54, 1.807) is 7.11 Å². The molecule has 5 heteroatoms. The van der Waals surface area contributed by atoms with Crippen LogP contribution in [0.5, 0.6) is 5.75 Å². The van der Waals surface area contributed by atoms with E-state index in [1.807, 2.05) is 30.0 Å². The molecule has 1 aliphatic rings. The minimum absolute atomic E-state index is 0. The summed E-state index contributed by atoms with van der Waals surface area (Å²) in [7, 11) is 1.63. The normalized spacial score (nSPS) is 20.6. The van der Waals surface area contributed by atoms with Crippen molar-refractivity contribution in [2.45, 2.75) is 33.2 Å². The van der Waals surface area contributed by atoms with Crippen LogP contribution in [0.25, 0.3) is 0 Å². The fourth-order valence-corrected chi connectivity index (χ4v) is 2.72. The number of piperidine rings is 1. The van der Waals surface area contributed by atoms with Crippen LogP contribution >= 0.6 is 12.4 Å². The van der Waals surface area contributed by atoms with E-state index >= 15 is 0 Å².